The number of amides is 1. The van der Waals surface area contributed by atoms with Crippen LogP contribution in [0.3, 0.4) is 0 Å². The van der Waals surface area contributed by atoms with E-state index in [1.807, 2.05) is 0 Å². The highest BCUT2D eigenvalue weighted by Gasteiger charge is 2.07. The van der Waals surface area contributed by atoms with Crippen LogP contribution < -0.4 is 10.5 Å². The number of benzene rings is 1. The highest BCUT2D eigenvalue weighted by Crippen LogP contribution is 2.07. The van der Waals surface area contributed by atoms with Crippen LogP contribution >= 0.6 is 11.6 Å². The van der Waals surface area contributed by atoms with Gasteiger partial charge in [-0.3, -0.25) is 4.79 Å². The molecule has 17 heavy (non-hydrogen) atoms. The van der Waals surface area contributed by atoms with E-state index in [4.69, 9.17) is 16.7 Å². The summed E-state index contributed by atoms with van der Waals surface area (Å²) in [5.41, 5.74) is 1.27. The number of primary sulfonamides is 1. The molecule has 0 radical (unpaired) electrons. The maximum Gasteiger partial charge on any atom is 0.251 e. The van der Waals surface area contributed by atoms with Crippen LogP contribution in [0.5, 0.6) is 0 Å². The van der Waals surface area contributed by atoms with E-state index in [2.05, 4.69) is 5.32 Å². The first-order valence-electron chi connectivity index (χ1n) is 4.86. The van der Waals surface area contributed by atoms with Gasteiger partial charge in [0.05, 0.1) is 5.75 Å². The van der Waals surface area contributed by atoms with E-state index in [0.29, 0.717) is 11.4 Å². The predicted octanol–water partition coefficient (Wildman–Crippen LogP) is 0.444. The zero-order chi connectivity index (χ0) is 12.9. The average Bonchev–Trinajstić information content (AvgIpc) is 2.27. The van der Waals surface area contributed by atoms with Crippen LogP contribution in [0.15, 0.2) is 24.3 Å². The van der Waals surface area contributed by atoms with Gasteiger partial charge < -0.3 is 5.32 Å². The molecule has 0 saturated heterocycles. The van der Waals surface area contributed by atoms with Gasteiger partial charge in [-0.1, -0.05) is 12.1 Å². The van der Waals surface area contributed by atoms with Gasteiger partial charge in [-0.2, -0.15) is 0 Å². The third kappa shape index (κ3) is 5.16. The van der Waals surface area contributed by atoms with Gasteiger partial charge in [0.15, 0.2) is 0 Å². The summed E-state index contributed by atoms with van der Waals surface area (Å²) in [6.07, 6.45) is 0. The number of carbonyl (C=O) groups is 1. The lowest BCUT2D eigenvalue weighted by molar-refractivity contribution is 0.0956. The van der Waals surface area contributed by atoms with Crippen molar-refractivity contribution in [3.8, 4) is 0 Å². The molecule has 0 saturated carbocycles. The maximum absolute atomic E-state index is 11.6. The molecule has 94 valence electrons. The lowest BCUT2D eigenvalue weighted by atomic mass is 10.1. The molecule has 0 fully saturated rings. The van der Waals surface area contributed by atoms with Crippen molar-refractivity contribution in [2.45, 2.75) is 5.88 Å². The molecule has 1 amide bonds. The minimum Gasteiger partial charge on any atom is -0.351 e. The standard InChI is InChI=1S/C10H13ClN2O3S/c11-7-8-2-1-3-9(6-8)10(14)13-4-5-17(12,15)16/h1-3,6H,4-5,7H2,(H,13,14)(H2,12,15,16). The molecular weight excluding hydrogens is 264 g/mol. The molecule has 1 aromatic carbocycles. The Morgan fingerprint density at radius 3 is 2.71 bits per heavy atom. The number of carbonyl (C=O) groups excluding carboxylic acids is 1. The molecule has 0 heterocycles. The van der Waals surface area contributed by atoms with Crippen LogP contribution in [0.4, 0.5) is 0 Å². The normalized spacial score (nSPS) is 11.2. The highest BCUT2D eigenvalue weighted by molar-refractivity contribution is 7.89. The molecule has 1 aromatic rings. The summed E-state index contributed by atoms with van der Waals surface area (Å²) < 4.78 is 21.3. The summed E-state index contributed by atoms with van der Waals surface area (Å²) in [7, 11) is -3.55. The zero-order valence-electron chi connectivity index (χ0n) is 9.02. The highest BCUT2D eigenvalue weighted by atomic mass is 35.5. The molecule has 1 rings (SSSR count). The topological polar surface area (TPSA) is 89.3 Å². The van der Waals surface area contributed by atoms with Crippen LogP contribution in [0.2, 0.25) is 0 Å². The first-order valence-corrected chi connectivity index (χ1v) is 7.11. The Hall–Kier alpha value is -1.11. The van der Waals surface area contributed by atoms with Gasteiger partial charge in [-0.25, -0.2) is 13.6 Å². The average molecular weight is 277 g/mol. The third-order valence-electron chi connectivity index (χ3n) is 2.02. The third-order valence-corrected chi connectivity index (χ3v) is 3.10. The van der Waals surface area contributed by atoms with Gasteiger partial charge in [0.1, 0.15) is 0 Å². The number of rotatable bonds is 5. The second kappa shape index (κ2) is 6.00. The quantitative estimate of drug-likeness (QED) is 0.765. The SMILES string of the molecule is NS(=O)(=O)CCNC(=O)c1cccc(CCl)c1. The van der Waals surface area contributed by atoms with Gasteiger partial charge in [0.25, 0.3) is 5.91 Å². The smallest absolute Gasteiger partial charge is 0.251 e. The van der Waals surface area contributed by atoms with Gasteiger partial charge in [0.2, 0.25) is 10.0 Å². The molecule has 0 aromatic heterocycles. The fourth-order valence-corrected chi connectivity index (χ4v) is 1.76. The van der Waals surface area contributed by atoms with Crippen molar-refractivity contribution < 1.29 is 13.2 Å². The summed E-state index contributed by atoms with van der Waals surface area (Å²) in [6, 6.07) is 6.79. The molecule has 0 atom stereocenters. The molecule has 0 bridgehead atoms. The number of nitrogens with two attached hydrogens (primary N) is 1. The molecule has 0 aliphatic heterocycles. The summed E-state index contributed by atoms with van der Waals surface area (Å²) in [5.74, 6) is -0.313. The number of hydrogen-bond donors (Lipinski definition) is 2. The van der Waals surface area contributed by atoms with E-state index in [1.165, 1.54) is 0 Å². The van der Waals surface area contributed by atoms with Crippen LogP contribution in [0.25, 0.3) is 0 Å². The molecule has 3 N–H and O–H groups in total. The van der Waals surface area contributed by atoms with Gasteiger partial charge in [-0.05, 0) is 17.7 Å². The van der Waals surface area contributed by atoms with Gasteiger partial charge in [-0.15, -0.1) is 11.6 Å². The zero-order valence-corrected chi connectivity index (χ0v) is 10.6. The summed E-state index contributed by atoms with van der Waals surface area (Å²) >= 11 is 5.64. The monoisotopic (exact) mass is 276 g/mol. The lowest BCUT2D eigenvalue weighted by Gasteiger charge is -2.05. The Balaban J connectivity index is 2.58. The fraction of sp³-hybridized carbons (Fsp3) is 0.300. The first kappa shape index (κ1) is 14.0. The van der Waals surface area contributed by atoms with E-state index >= 15 is 0 Å². The predicted molar refractivity (Wildman–Crippen MR) is 66.3 cm³/mol. The van der Waals surface area contributed by atoms with Crippen molar-refractivity contribution in [2.75, 3.05) is 12.3 Å². The molecule has 0 unspecified atom stereocenters. The number of halogens is 1. The van der Waals surface area contributed by atoms with E-state index in [9.17, 15) is 13.2 Å². The Morgan fingerprint density at radius 1 is 1.41 bits per heavy atom. The van der Waals surface area contributed by atoms with E-state index in [-0.39, 0.29) is 18.2 Å². The first-order chi connectivity index (χ1) is 7.92. The van der Waals surface area contributed by atoms with Gasteiger partial charge in [0, 0.05) is 18.0 Å². The van der Waals surface area contributed by atoms with E-state index in [0.717, 1.165) is 5.56 Å². The van der Waals surface area contributed by atoms with Crippen LogP contribution in [0, 0.1) is 0 Å². The van der Waals surface area contributed by atoms with Crippen LogP contribution in [-0.2, 0) is 15.9 Å². The number of sulfonamides is 1. The number of nitrogens with one attached hydrogen (secondary N) is 1. The van der Waals surface area contributed by atoms with Crippen molar-refractivity contribution in [3.63, 3.8) is 0 Å². The molecule has 5 nitrogen and oxygen atoms in total. The Labute approximate surface area is 105 Å². The van der Waals surface area contributed by atoms with Crippen molar-refractivity contribution in [2.24, 2.45) is 5.14 Å². The van der Waals surface area contributed by atoms with Gasteiger partial charge >= 0.3 is 0 Å². The Kier molecular flexibility index (Phi) is 4.92. The van der Waals surface area contributed by atoms with Crippen LogP contribution in [-0.4, -0.2) is 26.6 Å². The minimum absolute atomic E-state index is 0.0111. The maximum atomic E-state index is 11.6. The van der Waals surface area contributed by atoms with E-state index < -0.39 is 10.0 Å². The van der Waals surface area contributed by atoms with Crippen LogP contribution in [0.1, 0.15) is 15.9 Å². The second-order valence-electron chi connectivity index (χ2n) is 3.46. The van der Waals surface area contributed by atoms with Crippen molar-refractivity contribution >= 4 is 27.5 Å². The summed E-state index contributed by atoms with van der Waals surface area (Å²) in [6.45, 7) is -0.0111. The van der Waals surface area contributed by atoms with Crippen molar-refractivity contribution in [3.05, 3.63) is 35.4 Å². The largest absolute Gasteiger partial charge is 0.351 e. The molecule has 0 aliphatic rings. The number of hydrogen-bond acceptors (Lipinski definition) is 3. The molecule has 7 heteroatoms. The number of alkyl halides is 1. The molecular formula is C10H13ClN2O3S. The molecule has 0 aliphatic carbocycles. The Morgan fingerprint density at radius 2 is 2.12 bits per heavy atom. The van der Waals surface area contributed by atoms with Crippen molar-refractivity contribution in [1.29, 1.82) is 0 Å². The summed E-state index contributed by atoms with van der Waals surface area (Å²) in [4.78, 5) is 11.6. The Bertz CT molecular complexity index is 502. The van der Waals surface area contributed by atoms with Crippen molar-refractivity contribution in [1.82, 2.24) is 5.32 Å². The molecule has 0 spiro atoms. The fourth-order valence-electron chi connectivity index (χ4n) is 1.20. The second-order valence-corrected chi connectivity index (χ2v) is 5.46. The lowest BCUT2D eigenvalue weighted by Crippen LogP contribution is -2.31. The minimum atomic E-state index is -3.55. The van der Waals surface area contributed by atoms with E-state index in [1.54, 1.807) is 24.3 Å². The summed E-state index contributed by atoms with van der Waals surface area (Å²) in [5, 5.41) is 7.28.